The largest absolute Gasteiger partial charge is 0.416 e. The predicted molar refractivity (Wildman–Crippen MR) is 57.3 cm³/mol. The van der Waals surface area contributed by atoms with Crippen LogP contribution in [0.5, 0.6) is 0 Å². The van der Waals surface area contributed by atoms with Crippen molar-refractivity contribution < 1.29 is 13.2 Å². The summed E-state index contributed by atoms with van der Waals surface area (Å²) in [6.07, 6.45) is -4.42. The molecule has 6 nitrogen and oxygen atoms in total. The Morgan fingerprint density at radius 2 is 1.72 bits per heavy atom. The second-order valence-corrected chi connectivity index (χ2v) is 3.25. The van der Waals surface area contributed by atoms with Gasteiger partial charge in [-0.05, 0) is 28.8 Å². The van der Waals surface area contributed by atoms with Crippen LogP contribution in [0.15, 0.2) is 34.5 Å². The van der Waals surface area contributed by atoms with Crippen molar-refractivity contribution in [2.45, 2.75) is 12.2 Å². The van der Waals surface area contributed by atoms with Crippen LogP contribution in [-0.2, 0) is 6.18 Å². The summed E-state index contributed by atoms with van der Waals surface area (Å²) in [5, 5.41) is 6.59. The van der Waals surface area contributed by atoms with Crippen LogP contribution in [0.2, 0.25) is 0 Å². The average Bonchev–Trinajstić information content (AvgIpc) is 2.33. The van der Waals surface area contributed by atoms with Crippen molar-refractivity contribution in [1.29, 1.82) is 0 Å². The van der Waals surface area contributed by atoms with Gasteiger partial charge in [0.25, 0.3) is 0 Å². The number of hydrogen-bond donors (Lipinski definition) is 0. The fourth-order valence-corrected chi connectivity index (χ4v) is 1.28. The van der Waals surface area contributed by atoms with Crippen molar-refractivity contribution in [3.63, 3.8) is 0 Å². The summed E-state index contributed by atoms with van der Waals surface area (Å²) < 4.78 is 37.0. The van der Waals surface area contributed by atoms with Gasteiger partial charge in [0.05, 0.1) is 11.6 Å². The van der Waals surface area contributed by atoms with E-state index in [1.165, 1.54) is 12.1 Å². The molecule has 0 aliphatic carbocycles. The number of azide groups is 2. The second-order valence-electron chi connectivity index (χ2n) is 3.25. The standard InChI is InChI=1S/C9H7F3N6/c10-9(11,12)7-3-1-6(2-4-7)8(16-18-14)5-15-17-13/h1-4,8H,5H2. The molecule has 0 saturated carbocycles. The Morgan fingerprint density at radius 3 is 2.17 bits per heavy atom. The summed E-state index contributed by atoms with van der Waals surface area (Å²) in [4.78, 5) is 5.06. The van der Waals surface area contributed by atoms with E-state index >= 15 is 0 Å². The lowest BCUT2D eigenvalue weighted by Crippen LogP contribution is -2.05. The van der Waals surface area contributed by atoms with Crippen LogP contribution < -0.4 is 0 Å². The zero-order valence-corrected chi connectivity index (χ0v) is 8.91. The first-order chi connectivity index (χ1) is 8.49. The Hall–Kier alpha value is -2.37. The average molecular weight is 256 g/mol. The first-order valence-corrected chi connectivity index (χ1v) is 4.71. The molecule has 0 spiro atoms. The van der Waals surface area contributed by atoms with E-state index in [-0.39, 0.29) is 6.54 Å². The Kier molecular flexibility index (Phi) is 4.42. The first kappa shape index (κ1) is 13.7. The number of benzene rings is 1. The molecule has 0 N–H and O–H groups in total. The molecule has 0 fully saturated rings. The molecular formula is C9H7F3N6. The monoisotopic (exact) mass is 256 g/mol. The number of halogens is 3. The fraction of sp³-hybridized carbons (Fsp3) is 0.333. The molecular weight excluding hydrogens is 249 g/mol. The van der Waals surface area contributed by atoms with Crippen molar-refractivity contribution in [1.82, 2.24) is 0 Å². The van der Waals surface area contributed by atoms with Crippen molar-refractivity contribution >= 4 is 0 Å². The van der Waals surface area contributed by atoms with Gasteiger partial charge in [-0.2, -0.15) is 13.2 Å². The number of alkyl halides is 3. The lowest BCUT2D eigenvalue weighted by Gasteiger charge is -2.10. The Bertz CT molecular complexity index is 496. The van der Waals surface area contributed by atoms with Crippen LogP contribution in [0.1, 0.15) is 17.2 Å². The van der Waals surface area contributed by atoms with Crippen molar-refractivity contribution in [3.8, 4) is 0 Å². The molecule has 0 aliphatic heterocycles. The molecule has 1 rings (SSSR count). The van der Waals surface area contributed by atoms with E-state index in [9.17, 15) is 13.2 Å². The highest BCUT2D eigenvalue weighted by Gasteiger charge is 2.30. The quantitative estimate of drug-likeness (QED) is 0.434. The summed E-state index contributed by atoms with van der Waals surface area (Å²) in [7, 11) is 0. The minimum Gasteiger partial charge on any atom is -0.166 e. The summed E-state index contributed by atoms with van der Waals surface area (Å²) in [5.41, 5.74) is 16.0. The van der Waals surface area contributed by atoms with E-state index in [4.69, 9.17) is 11.1 Å². The molecule has 1 aromatic rings. The van der Waals surface area contributed by atoms with Gasteiger partial charge in [-0.25, -0.2) is 0 Å². The zero-order valence-electron chi connectivity index (χ0n) is 8.91. The van der Waals surface area contributed by atoms with Gasteiger partial charge >= 0.3 is 6.18 Å². The SMILES string of the molecule is [N-]=[N+]=NCC(N=[N+]=[N-])c1ccc(C(F)(F)F)cc1. The third-order valence-electron chi connectivity index (χ3n) is 2.13. The number of nitrogens with zero attached hydrogens (tertiary/aromatic N) is 6. The minimum atomic E-state index is -4.42. The molecule has 1 aromatic carbocycles. The lowest BCUT2D eigenvalue weighted by atomic mass is 10.1. The van der Waals surface area contributed by atoms with Gasteiger partial charge in [-0.1, -0.05) is 22.4 Å². The van der Waals surface area contributed by atoms with Gasteiger partial charge in [0.2, 0.25) is 0 Å². The maximum absolute atomic E-state index is 12.3. The Balaban J connectivity index is 3.00. The van der Waals surface area contributed by atoms with Gasteiger partial charge < -0.3 is 0 Å². The van der Waals surface area contributed by atoms with Crippen molar-refractivity contribution in [2.75, 3.05) is 6.54 Å². The van der Waals surface area contributed by atoms with Gasteiger partial charge in [0.15, 0.2) is 0 Å². The normalized spacial score (nSPS) is 12.2. The second kappa shape index (κ2) is 5.81. The van der Waals surface area contributed by atoms with E-state index in [1.807, 2.05) is 0 Å². The third-order valence-corrected chi connectivity index (χ3v) is 2.13. The first-order valence-electron chi connectivity index (χ1n) is 4.71. The molecule has 0 bridgehead atoms. The maximum Gasteiger partial charge on any atom is 0.416 e. The molecule has 18 heavy (non-hydrogen) atoms. The van der Waals surface area contributed by atoms with Gasteiger partial charge in [0.1, 0.15) is 0 Å². The molecule has 9 heteroatoms. The van der Waals surface area contributed by atoms with Crippen LogP contribution in [0, 0.1) is 0 Å². The molecule has 1 atom stereocenters. The van der Waals surface area contributed by atoms with E-state index in [2.05, 4.69) is 20.1 Å². The third kappa shape index (κ3) is 3.58. The molecule has 0 aromatic heterocycles. The smallest absolute Gasteiger partial charge is 0.166 e. The van der Waals surface area contributed by atoms with E-state index in [0.29, 0.717) is 5.56 Å². The van der Waals surface area contributed by atoms with Crippen LogP contribution in [0.4, 0.5) is 13.2 Å². The highest BCUT2D eigenvalue weighted by atomic mass is 19.4. The van der Waals surface area contributed by atoms with E-state index in [1.54, 1.807) is 0 Å². The Morgan fingerprint density at radius 1 is 1.11 bits per heavy atom. The van der Waals surface area contributed by atoms with Crippen molar-refractivity contribution in [2.24, 2.45) is 10.2 Å². The molecule has 0 heterocycles. The summed E-state index contributed by atoms with van der Waals surface area (Å²) in [5.74, 6) is 0. The molecule has 1 unspecified atom stereocenters. The van der Waals surface area contributed by atoms with Crippen LogP contribution in [0.25, 0.3) is 20.9 Å². The Labute approximate surface area is 99.3 Å². The van der Waals surface area contributed by atoms with Crippen LogP contribution in [0.3, 0.4) is 0 Å². The maximum atomic E-state index is 12.3. The molecule has 0 saturated heterocycles. The van der Waals surface area contributed by atoms with Gasteiger partial charge in [-0.3, -0.25) is 0 Å². The van der Waals surface area contributed by atoms with Gasteiger partial charge in [-0.15, -0.1) is 0 Å². The minimum absolute atomic E-state index is 0.147. The predicted octanol–water partition coefficient (Wildman–Crippen LogP) is 4.37. The zero-order chi connectivity index (χ0) is 13.6. The highest BCUT2D eigenvalue weighted by molar-refractivity contribution is 5.27. The van der Waals surface area contributed by atoms with Gasteiger partial charge in [0, 0.05) is 16.4 Å². The number of rotatable bonds is 4. The van der Waals surface area contributed by atoms with Crippen molar-refractivity contribution in [3.05, 3.63) is 56.3 Å². The van der Waals surface area contributed by atoms with Crippen LogP contribution in [-0.4, -0.2) is 6.54 Å². The summed E-state index contributed by atoms with van der Waals surface area (Å²) >= 11 is 0. The highest BCUT2D eigenvalue weighted by Crippen LogP contribution is 2.30. The molecule has 0 radical (unpaired) electrons. The molecule has 94 valence electrons. The fourth-order valence-electron chi connectivity index (χ4n) is 1.28. The molecule has 0 aliphatic rings. The summed E-state index contributed by atoms with van der Waals surface area (Å²) in [6, 6.07) is 3.33. The number of hydrogen-bond acceptors (Lipinski definition) is 2. The van der Waals surface area contributed by atoms with Crippen LogP contribution >= 0.6 is 0 Å². The van der Waals surface area contributed by atoms with E-state index < -0.39 is 17.8 Å². The van der Waals surface area contributed by atoms with E-state index in [0.717, 1.165) is 12.1 Å². The lowest BCUT2D eigenvalue weighted by molar-refractivity contribution is -0.137. The molecule has 0 amide bonds. The summed E-state index contributed by atoms with van der Waals surface area (Å²) in [6.45, 7) is -0.147. The topological polar surface area (TPSA) is 97.5 Å².